The van der Waals surface area contributed by atoms with Crippen molar-refractivity contribution in [1.82, 2.24) is 0 Å². The normalized spacial score (nSPS) is 9.67. The van der Waals surface area contributed by atoms with E-state index in [1.54, 1.807) is 0 Å². The molecule has 0 aromatic rings. The molecule has 0 atom stereocenters. The molecule has 3 nitrogen and oxygen atoms in total. The van der Waals surface area contributed by atoms with Crippen LogP contribution in [0.3, 0.4) is 0 Å². The molecule has 0 aliphatic carbocycles. The minimum absolute atomic E-state index is 0. The molecule has 0 aliphatic heterocycles. The maximum atomic E-state index is 9.08. The Kier molecular flexibility index (Phi) is 4.75. The molecule has 0 rings (SSSR count). The second-order valence-electron chi connectivity index (χ2n) is 0.582. The van der Waals surface area contributed by atoms with E-state index < -0.39 is 10.1 Å². The molecule has 0 aromatic carbocycles. The summed E-state index contributed by atoms with van der Waals surface area (Å²) in [5.41, 5.74) is 0. The fourth-order valence-corrected chi connectivity index (χ4v) is 0. The molecule has 0 saturated carbocycles. The van der Waals surface area contributed by atoms with E-state index in [2.05, 4.69) is 6.26 Å². The standard InChI is InChI=1S/CH3O3S.Sc/c1-5(2,3)4;/h1H2,(H,2,3,4);/q-1;. The van der Waals surface area contributed by atoms with Gasteiger partial charge in [-0.05, 0) is 0 Å². The van der Waals surface area contributed by atoms with Gasteiger partial charge >= 0.3 is 0 Å². The summed E-state index contributed by atoms with van der Waals surface area (Å²) in [7, 11) is -3.92. The first-order valence-electron chi connectivity index (χ1n) is 0.805. The van der Waals surface area contributed by atoms with Crippen LogP contribution in [0, 0.1) is 6.26 Å². The van der Waals surface area contributed by atoms with E-state index in [4.69, 9.17) is 13.0 Å². The molecule has 0 aliphatic rings. The van der Waals surface area contributed by atoms with Gasteiger partial charge in [0.2, 0.25) is 0 Å². The summed E-state index contributed by atoms with van der Waals surface area (Å²) in [5, 5.41) is 0. The van der Waals surface area contributed by atoms with E-state index in [0.717, 1.165) is 0 Å². The summed E-state index contributed by atoms with van der Waals surface area (Å²) in [4.78, 5) is 0. The van der Waals surface area contributed by atoms with E-state index >= 15 is 0 Å². The van der Waals surface area contributed by atoms with Crippen LogP contribution in [0.15, 0.2) is 0 Å². The van der Waals surface area contributed by atoms with Crippen molar-refractivity contribution in [2.24, 2.45) is 0 Å². The molecule has 0 fully saturated rings. The molecule has 0 amide bonds. The molecular formula is CH3O3SSc-. The number of hydrogen-bond donors (Lipinski definition) is 1. The Bertz CT molecular complexity index is 94.0. The zero-order valence-electron chi connectivity index (χ0n) is 2.96. The minimum atomic E-state index is -3.92. The van der Waals surface area contributed by atoms with Crippen LogP contribution in [-0.2, 0) is 36.0 Å². The molecular weight excluding hydrogens is 137 g/mol. The molecule has 0 spiro atoms. The van der Waals surface area contributed by atoms with Crippen molar-refractivity contribution in [2.45, 2.75) is 0 Å². The van der Waals surface area contributed by atoms with Gasteiger partial charge < -0.3 is 4.55 Å². The quantitative estimate of drug-likeness (QED) is 0.370. The van der Waals surface area contributed by atoms with Gasteiger partial charge in [-0.1, -0.05) is 0 Å². The van der Waals surface area contributed by atoms with Gasteiger partial charge in [0.15, 0.2) is 0 Å². The van der Waals surface area contributed by atoms with Gasteiger partial charge in [-0.2, -0.15) is 6.26 Å². The van der Waals surface area contributed by atoms with Crippen molar-refractivity contribution in [2.75, 3.05) is 0 Å². The Balaban J connectivity index is 0. The Morgan fingerprint density at radius 2 is 1.50 bits per heavy atom. The maximum Gasteiger partial charge on any atom is 0.131 e. The average Bonchev–Trinajstić information content (AvgIpc) is 0.722. The third-order valence-corrected chi connectivity index (χ3v) is 0. The summed E-state index contributed by atoms with van der Waals surface area (Å²) < 4.78 is 25.5. The maximum absolute atomic E-state index is 9.08. The summed E-state index contributed by atoms with van der Waals surface area (Å²) in [6.45, 7) is 0. The van der Waals surface area contributed by atoms with E-state index in [9.17, 15) is 0 Å². The van der Waals surface area contributed by atoms with Crippen molar-refractivity contribution in [3.05, 3.63) is 6.26 Å². The fourth-order valence-electron chi connectivity index (χ4n) is 0. The van der Waals surface area contributed by atoms with Gasteiger partial charge in [0, 0.05) is 25.8 Å². The minimum Gasteiger partial charge on any atom is -0.310 e. The van der Waals surface area contributed by atoms with Gasteiger partial charge in [-0.25, -0.2) is 8.42 Å². The van der Waals surface area contributed by atoms with Crippen LogP contribution in [0.5, 0.6) is 0 Å². The van der Waals surface area contributed by atoms with Crippen LogP contribution >= 0.6 is 0 Å². The molecule has 35 valence electrons. The van der Waals surface area contributed by atoms with Gasteiger partial charge in [0.05, 0.1) is 0 Å². The molecule has 6 heavy (non-hydrogen) atoms. The Labute approximate surface area is 55.3 Å². The Hall–Kier alpha value is 0.780. The summed E-state index contributed by atoms with van der Waals surface area (Å²) >= 11 is 0. The van der Waals surface area contributed by atoms with Gasteiger partial charge in [-0.3, -0.25) is 0 Å². The van der Waals surface area contributed by atoms with Crippen LogP contribution in [0.4, 0.5) is 0 Å². The second kappa shape index (κ2) is 2.87. The van der Waals surface area contributed by atoms with Crippen LogP contribution in [0.1, 0.15) is 0 Å². The SMILES string of the molecule is [CH2-]S(=O)(=O)O.[Sc]. The van der Waals surface area contributed by atoms with Gasteiger partial charge in [0.25, 0.3) is 0 Å². The molecule has 1 N–H and O–H groups in total. The van der Waals surface area contributed by atoms with E-state index in [-0.39, 0.29) is 25.8 Å². The second-order valence-corrected chi connectivity index (χ2v) is 1.75. The average molecular weight is 140 g/mol. The molecule has 0 aromatic heterocycles. The molecule has 0 heterocycles. The van der Waals surface area contributed by atoms with E-state index in [1.807, 2.05) is 0 Å². The summed E-state index contributed by atoms with van der Waals surface area (Å²) in [6, 6.07) is 0. The van der Waals surface area contributed by atoms with Gasteiger partial charge in [-0.15, -0.1) is 0 Å². The zero-order chi connectivity index (χ0) is 4.50. The topological polar surface area (TPSA) is 54.4 Å². The molecule has 1 radical (unpaired) electrons. The fraction of sp³-hybridized carbons (Fsp3) is 0. The third-order valence-electron chi connectivity index (χ3n) is 0. The van der Waals surface area contributed by atoms with E-state index in [0.29, 0.717) is 0 Å². The molecule has 5 heteroatoms. The number of rotatable bonds is 0. The van der Waals surface area contributed by atoms with Crippen molar-refractivity contribution in [3.63, 3.8) is 0 Å². The molecule has 0 bridgehead atoms. The van der Waals surface area contributed by atoms with Crippen molar-refractivity contribution in [1.29, 1.82) is 0 Å². The predicted molar refractivity (Wildman–Crippen MR) is 16.9 cm³/mol. The molecule has 0 saturated heterocycles. The van der Waals surface area contributed by atoms with Crippen LogP contribution in [0.2, 0.25) is 0 Å². The summed E-state index contributed by atoms with van der Waals surface area (Å²) in [5.74, 6) is 0. The van der Waals surface area contributed by atoms with Crippen molar-refractivity contribution in [3.8, 4) is 0 Å². The predicted octanol–water partition coefficient (Wildman–Crippen LogP) is -0.337. The number of hydrogen-bond acceptors (Lipinski definition) is 2. The third kappa shape index (κ3) is 112. The van der Waals surface area contributed by atoms with Crippen LogP contribution in [0.25, 0.3) is 0 Å². The first kappa shape index (κ1) is 9.91. The summed E-state index contributed by atoms with van der Waals surface area (Å²) in [6.07, 6.45) is 2.30. The molecule has 0 unspecified atom stereocenters. The first-order valence-corrected chi connectivity index (χ1v) is 2.41. The monoisotopic (exact) mass is 140 g/mol. The van der Waals surface area contributed by atoms with Crippen molar-refractivity contribution >= 4 is 10.1 Å². The van der Waals surface area contributed by atoms with Crippen molar-refractivity contribution < 1.29 is 38.8 Å². The Morgan fingerprint density at radius 3 is 1.50 bits per heavy atom. The Morgan fingerprint density at radius 1 is 1.50 bits per heavy atom. The van der Waals surface area contributed by atoms with Gasteiger partial charge in [0.1, 0.15) is 10.1 Å². The van der Waals surface area contributed by atoms with Crippen LogP contribution < -0.4 is 0 Å². The van der Waals surface area contributed by atoms with Crippen LogP contribution in [-0.4, -0.2) is 13.0 Å². The zero-order valence-corrected chi connectivity index (χ0v) is 5.58. The largest absolute Gasteiger partial charge is 0.310 e. The first-order chi connectivity index (χ1) is 2.00. The smallest absolute Gasteiger partial charge is 0.131 e. The van der Waals surface area contributed by atoms with E-state index in [1.165, 1.54) is 0 Å².